The van der Waals surface area contributed by atoms with Gasteiger partial charge in [-0.1, -0.05) is 28.1 Å². The van der Waals surface area contributed by atoms with Gasteiger partial charge < -0.3 is 8.83 Å². The van der Waals surface area contributed by atoms with Crippen LogP contribution in [0.2, 0.25) is 0 Å². The number of fused-ring (bicyclic) bond motifs is 3. The summed E-state index contributed by atoms with van der Waals surface area (Å²) in [5, 5.41) is 1.43. The van der Waals surface area contributed by atoms with Crippen LogP contribution in [0.1, 0.15) is 5.56 Å². The first-order valence-electron chi connectivity index (χ1n) is 6.83. The number of benzene rings is 2. The fourth-order valence-corrected chi connectivity index (χ4v) is 2.96. The second kappa shape index (κ2) is 4.85. The van der Waals surface area contributed by atoms with Gasteiger partial charge in [-0.2, -0.15) is 0 Å². The third-order valence-corrected chi connectivity index (χ3v) is 4.34. The van der Waals surface area contributed by atoms with Crippen LogP contribution in [-0.4, -0.2) is 0 Å². The molecule has 2 heterocycles. The van der Waals surface area contributed by atoms with Gasteiger partial charge in [0.2, 0.25) is 5.43 Å². The van der Waals surface area contributed by atoms with Gasteiger partial charge in [0.25, 0.3) is 0 Å². The number of aryl methyl sites for hydroxylation is 1. The molecule has 2 aromatic carbocycles. The van der Waals surface area contributed by atoms with Gasteiger partial charge in [0.1, 0.15) is 17.4 Å². The van der Waals surface area contributed by atoms with Crippen molar-refractivity contribution in [1.29, 1.82) is 0 Å². The highest BCUT2D eigenvalue weighted by Gasteiger charge is 2.14. The molecular weight excluding hydrogens is 344 g/mol. The van der Waals surface area contributed by atoms with Crippen molar-refractivity contribution in [3.63, 3.8) is 0 Å². The Hall–Kier alpha value is -2.33. The van der Waals surface area contributed by atoms with Crippen LogP contribution in [0.5, 0.6) is 0 Å². The zero-order valence-corrected chi connectivity index (χ0v) is 13.3. The number of hydrogen-bond donors (Lipinski definition) is 0. The van der Waals surface area contributed by atoms with Crippen LogP contribution in [0, 0.1) is 6.92 Å². The largest absolute Gasteiger partial charge is 0.464 e. The molecule has 0 amide bonds. The molecule has 0 radical (unpaired) electrons. The molecule has 0 bridgehead atoms. The predicted molar refractivity (Wildman–Crippen MR) is 90.1 cm³/mol. The van der Waals surface area contributed by atoms with E-state index in [9.17, 15) is 4.79 Å². The second-order valence-corrected chi connectivity index (χ2v) is 6.14. The van der Waals surface area contributed by atoms with Crippen LogP contribution >= 0.6 is 15.9 Å². The molecular formula is C18H11BrO3. The number of rotatable bonds is 1. The second-order valence-electron chi connectivity index (χ2n) is 5.22. The monoisotopic (exact) mass is 354 g/mol. The summed E-state index contributed by atoms with van der Waals surface area (Å²) in [7, 11) is 0. The van der Waals surface area contributed by atoms with Gasteiger partial charge in [-0.15, -0.1) is 0 Å². The Morgan fingerprint density at radius 3 is 2.50 bits per heavy atom. The number of halogens is 1. The minimum absolute atomic E-state index is 0.0360. The fourth-order valence-electron chi connectivity index (χ4n) is 2.69. The molecule has 0 unspecified atom stereocenters. The lowest BCUT2D eigenvalue weighted by Gasteiger charge is -2.04. The Morgan fingerprint density at radius 1 is 0.955 bits per heavy atom. The first-order chi connectivity index (χ1) is 10.6. The first kappa shape index (κ1) is 13.3. The van der Waals surface area contributed by atoms with E-state index in [1.807, 2.05) is 37.3 Å². The van der Waals surface area contributed by atoms with E-state index in [2.05, 4.69) is 15.9 Å². The molecule has 0 spiro atoms. The Kier molecular flexibility index (Phi) is 2.94. The van der Waals surface area contributed by atoms with E-state index >= 15 is 0 Å². The molecule has 0 fully saturated rings. The van der Waals surface area contributed by atoms with Gasteiger partial charge in [-0.3, -0.25) is 4.79 Å². The van der Waals surface area contributed by atoms with E-state index < -0.39 is 0 Å². The van der Waals surface area contributed by atoms with Crippen molar-refractivity contribution in [3.8, 4) is 11.1 Å². The minimum Gasteiger partial charge on any atom is -0.464 e. The summed E-state index contributed by atoms with van der Waals surface area (Å²) in [5.41, 5.74) is 3.62. The molecule has 0 saturated carbocycles. The summed E-state index contributed by atoms with van der Waals surface area (Å²) in [4.78, 5) is 12.8. The molecule has 0 saturated heterocycles. The first-order valence-corrected chi connectivity index (χ1v) is 7.63. The molecule has 4 aromatic rings. The van der Waals surface area contributed by atoms with E-state index in [4.69, 9.17) is 8.83 Å². The molecule has 0 aliphatic rings. The van der Waals surface area contributed by atoms with Crippen LogP contribution in [-0.2, 0) is 0 Å². The zero-order valence-electron chi connectivity index (χ0n) is 11.7. The smallest absolute Gasteiger partial charge is 0.200 e. The van der Waals surface area contributed by atoms with Crippen molar-refractivity contribution in [3.05, 3.63) is 69.2 Å². The zero-order chi connectivity index (χ0) is 15.3. The van der Waals surface area contributed by atoms with Crippen molar-refractivity contribution < 1.29 is 8.83 Å². The fraction of sp³-hybridized carbons (Fsp3) is 0.0556. The van der Waals surface area contributed by atoms with Crippen molar-refractivity contribution in [1.82, 2.24) is 0 Å². The van der Waals surface area contributed by atoms with E-state index in [1.54, 1.807) is 12.3 Å². The Morgan fingerprint density at radius 2 is 1.73 bits per heavy atom. The van der Waals surface area contributed by atoms with Gasteiger partial charge in [0.15, 0.2) is 0 Å². The standard InChI is InChI=1S/C18H11BrO3/c1-10-8-21-15-7-6-13-17(20)14(9-22-18(13)16(10)15)11-2-4-12(19)5-3-11/h2-9H,1H3. The van der Waals surface area contributed by atoms with Gasteiger partial charge in [0, 0.05) is 4.47 Å². The molecule has 4 rings (SSSR count). The molecule has 0 aliphatic heterocycles. The van der Waals surface area contributed by atoms with Crippen molar-refractivity contribution in [2.45, 2.75) is 6.92 Å². The van der Waals surface area contributed by atoms with Gasteiger partial charge in [-0.25, -0.2) is 0 Å². The van der Waals surface area contributed by atoms with Crippen molar-refractivity contribution in [2.24, 2.45) is 0 Å². The molecule has 0 N–H and O–H groups in total. The molecule has 0 atom stereocenters. The normalized spacial score (nSPS) is 11.4. The minimum atomic E-state index is -0.0360. The number of hydrogen-bond acceptors (Lipinski definition) is 3. The molecule has 3 nitrogen and oxygen atoms in total. The quantitative estimate of drug-likeness (QED) is 0.467. The lowest BCUT2D eigenvalue weighted by Crippen LogP contribution is -2.04. The molecule has 0 aliphatic carbocycles. The average molecular weight is 355 g/mol. The summed E-state index contributed by atoms with van der Waals surface area (Å²) in [6, 6.07) is 11.2. The highest BCUT2D eigenvalue weighted by molar-refractivity contribution is 9.10. The van der Waals surface area contributed by atoms with Crippen molar-refractivity contribution in [2.75, 3.05) is 0 Å². The molecule has 108 valence electrons. The molecule has 4 heteroatoms. The van der Waals surface area contributed by atoms with Crippen LogP contribution in [0.4, 0.5) is 0 Å². The maximum Gasteiger partial charge on any atom is 0.200 e. The summed E-state index contributed by atoms with van der Waals surface area (Å²) in [6.07, 6.45) is 3.20. The summed E-state index contributed by atoms with van der Waals surface area (Å²) < 4.78 is 12.2. The SMILES string of the molecule is Cc1coc2ccc3c(=O)c(-c4ccc(Br)cc4)coc3c12. The van der Waals surface area contributed by atoms with Crippen LogP contribution in [0.15, 0.2) is 67.0 Å². The topological polar surface area (TPSA) is 43.4 Å². The maximum absolute atomic E-state index is 12.8. The summed E-state index contributed by atoms with van der Waals surface area (Å²) in [6.45, 7) is 1.94. The number of furan rings is 1. The van der Waals surface area contributed by atoms with E-state index in [-0.39, 0.29) is 5.43 Å². The Labute approximate surface area is 134 Å². The van der Waals surface area contributed by atoms with E-state index in [1.165, 1.54) is 6.26 Å². The van der Waals surface area contributed by atoms with Crippen LogP contribution in [0.25, 0.3) is 33.1 Å². The van der Waals surface area contributed by atoms with E-state index in [0.717, 1.165) is 26.6 Å². The third kappa shape index (κ3) is 1.91. The molecule has 2 aromatic heterocycles. The van der Waals surface area contributed by atoms with E-state index in [0.29, 0.717) is 16.5 Å². The Balaban J connectivity index is 2.06. The van der Waals surface area contributed by atoms with Gasteiger partial charge >= 0.3 is 0 Å². The lowest BCUT2D eigenvalue weighted by molar-refractivity contribution is 0.604. The van der Waals surface area contributed by atoms with Gasteiger partial charge in [0.05, 0.1) is 22.6 Å². The van der Waals surface area contributed by atoms with Gasteiger partial charge in [-0.05, 0) is 42.3 Å². The predicted octanol–water partition coefficient (Wildman–Crippen LogP) is 5.28. The average Bonchev–Trinajstić information content (AvgIpc) is 2.91. The summed E-state index contributed by atoms with van der Waals surface area (Å²) in [5.74, 6) is 0. The lowest BCUT2D eigenvalue weighted by atomic mass is 10.0. The summed E-state index contributed by atoms with van der Waals surface area (Å²) >= 11 is 3.39. The maximum atomic E-state index is 12.8. The highest BCUT2D eigenvalue weighted by atomic mass is 79.9. The Bertz CT molecular complexity index is 1060. The third-order valence-electron chi connectivity index (χ3n) is 3.82. The highest BCUT2D eigenvalue weighted by Crippen LogP contribution is 2.30. The van der Waals surface area contributed by atoms with Crippen LogP contribution < -0.4 is 5.43 Å². The van der Waals surface area contributed by atoms with Crippen molar-refractivity contribution >= 4 is 37.9 Å². The van der Waals surface area contributed by atoms with Crippen LogP contribution in [0.3, 0.4) is 0 Å². The molecule has 22 heavy (non-hydrogen) atoms.